The molecule has 1 aliphatic rings. The van der Waals surface area contributed by atoms with Crippen LogP contribution in [0.3, 0.4) is 0 Å². The van der Waals surface area contributed by atoms with Crippen LogP contribution in [0.2, 0.25) is 0 Å². The lowest BCUT2D eigenvalue weighted by molar-refractivity contribution is 0.573. The first kappa shape index (κ1) is 8.74. The predicted molar refractivity (Wildman–Crippen MR) is 53.0 cm³/mol. The first-order valence-corrected chi connectivity index (χ1v) is 5.17. The third kappa shape index (κ3) is 1.60. The van der Waals surface area contributed by atoms with E-state index >= 15 is 0 Å². The number of aromatic nitrogens is 3. The van der Waals surface area contributed by atoms with Crippen molar-refractivity contribution in [1.82, 2.24) is 14.9 Å². The van der Waals surface area contributed by atoms with E-state index < -0.39 is 0 Å². The van der Waals surface area contributed by atoms with E-state index in [-0.39, 0.29) is 5.41 Å². The van der Waals surface area contributed by atoms with Gasteiger partial charge in [-0.1, -0.05) is 32.5 Å². The van der Waals surface area contributed by atoms with E-state index in [1.54, 1.807) is 22.8 Å². The molecule has 0 aromatic carbocycles. The van der Waals surface area contributed by atoms with Crippen LogP contribution >= 0.6 is 11.8 Å². The highest BCUT2D eigenvalue weighted by molar-refractivity contribution is 7.99. The second-order valence-electron chi connectivity index (χ2n) is 4.04. The van der Waals surface area contributed by atoms with Gasteiger partial charge in [-0.15, -0.1) is 10.2 Å². The van der Waals surface area contributed by atoms with Gasteiger partial charge in [0.05, 0.1) is 5.71 Å². The summed E-state index contributed by atoms with van der Waals surface area (Å²) in [5, 5.41) is 13.1. The molecule has 0 saturated carbocycles. The van der Waals surface area contributed by atoms with Crippen molar-refractivity contribution in [3.05, 3.63) is 6.33 Å². The van der Waals surface area contributed by atoms with Gasteiger partial charge in [-0.3, -0.25) is 0 Å². The van der Waals surface area contributed by atoms with E-state index in [9.17, 15) is 0 Å². The van der Waals surface area contributed by atoms with Crippen LogP contribution in [0.5, 0.6) is 0 Å². The Balaban J connectivity index is 2.38. The highest BCUT2D eigenvalue weighted by Gasteiger charge is 2.23. The normalized spacial score (nSPS) is 16.7. The lowest BCUT2D eigenvalue weighted by atomic mass is 9.91. The fourth-order valence-electron chi connectivity index (χ4n) is 1.04. The van der Waals surface area contributed by atoms with Gasteiger partial charge in [0.1, 0.15) is 6.33 Å². The minimum absolute atomic E-state index is 0.134. The van der Waals surface area contributed by atoms with Gasteiger partial charge < -0.3 is 0 Å². The summed E-state index contributed by atoms with van der Waals surface area (Å²) in [6.45, 7) is 6.51. The van der Waals surface area contributed by atoms with Gasteiger partial charge in [-0.25, -0.2) is 0 Å². The lowest BCUT2D eigenvalue weighted by Crippen LogP contribution is -2.26. The Morgan fingerprint density at radius 3 is 2.92 bits per heavy atom. The van der Waals surface area contributed by atoms with Crippen molar-refractivity contribution in [3.8, 4) is 0 Å². The number of hydrogen-bond acceptors (Lipinski definition) is 4. The van der Waals surface area contributed by atoms with Crippen molar-refractivity contribution in [3.63, 3.8) is 0 Å². The fourth-order valence-corrected chi connectivity index (χ4v) is 2.12. The number of hydrogen-bond donors (Lipinski definition) is 0. The van der Waals surface area contributed by atoms with Crippen LogP contribution in [0.15, 0.2) is 16.6 Å². The topological polar surface area (TPSA) is 43.1 Å². The third-order valence-corrected chi connectivity index (χ3v) is 2.88. The van der Waals surface area contributed by atoms with E-state index in [0.29, 0.717) is 0 Å². The standard InChI is InChI=1S/C8H12N4S/c1-8(2,3)6-4-13-7-10-9-5-12(7)11-6/h5H,4H2,1-3H3. The minimum atomic E-state index is 0.134. The van der Waals surface area contributed by atoms with Gasteiger partial charge in [0.25, 0.3) is 0 Å². The Kier molecular flexibility index (Phi) is 1.91. The summed E-state index contributed by atoms with van der Waals surface area (Å²) < 4.78 is 1.74. The Labute approximate surface area is 81.4 Å². The molecule has 0 fully saturated rings. The van der Waals surface area contributed by atoms with E-state index in [4.69, 9.17) is 0 Å². The van der Waals surface area contributed by atoms with E-state index in [1.165, 1.54) is 5.71 Å². The van der Waals surface area contributed by atoms with Crippen LogP contribution < -0.4 is 0 Å². The lowest BCUT2D eigenvalue weighted by Gasteiger charge is -2.23. The van der Waals surface area contributed by atoms with Gasteiger partial charge in [0.2, 0.25) is 5.16 Å². The smallest absolute Gasteiger partial charge is 0.195 e. The van der Waals surface area contributed by atoms with E-state index in [0.717, 1.165) is 10.9 Å². The molecule has 1 aromatic rings. The molecule has 1 aromatic heterocycles. The fraction of sp³-hybridized carbons (Fsp3) is 0.625. The molecule has 0 radical (unpaired) electrons. The molecule has 2 rings (SSSR count). The number of rotatable bonds is 0. The Hall–Kier alpha value is -0.840. The molecule has 0 amide bonds. The van der Waals surface area contributed by atoms with Crippen LogP contribution in [-0.2, 0) is 0 Å². The molecular formula is C8H12N4S. The molecule has 0 unspecified atom stereocenters. The van der Waals surface area contributed by atoms with Crippen molar-refractivity contribution < 1.29 is 0 Å². The van der Waals surface area contributed by atoms with Crippen LogP contribution in [0, 0.1) is 5.41 Å². The zero-order valence-electron chi connectivity index (χ0n) is 7.98. The molecule has 70 valence electrons. The highest BCUT2D eigenvalue weighted by atomic mass is 32.2. The summed E-state index contributed by atoms with van der Waals surface area (Å²) in [6, 6.07) is 0. The molecule has 0 atom stereocenters. The average Bonchev–Trinajstić information content (AvgIpc) is 2.47. The Morgan fingerprint density at radius 1 is 1.46 bits per heavy atom. The molecule has 5 heteroatoms. The molecule has 4 nitrogen and oxygen atoms in total. The molecule has 0 saturated heterocycles. The summed E-state index contributed by atoms with van der Waals surface area (Å²) in [6.07, 6.45) is 1.65. The van der Waals surface area contributed by atoms with Crippen molar-refractivity contribution >= 4 is 17.5 Å². The second-order valence-corrected chi connectivity index (χ2v) is 4.99. The van der Waals surface area contributed by atoms with Gasteiger partial charge in [-0.2, -0.15) is 9.78 Å². The number of thioether (sulfide) groups is 1. The molecule has 0 N–H and O–H groups in total. The number of fused-ring (bicyclic) bond motifs is 1. The molecule has 1 aliphatic heterocycles. The van der Waals surface area contributed by atoms with Crippen LogP contribution in [0.4, 0.5) is 0 Å². The first-order chi connectivity index (χ1) is 6.07. The first-order valence-electron chi connectivity index (χ1n) is 4.18. The summed E-state index contributed by atoms with van der Waals surface area (Å²) in [7, 11) is 0. The molecule has 2 heterocycles. The van der Waals surface area contributed by atoms with Crippen molar-refractivity contribution in [2.45, 2.75) is 25.9 Å². The zero-order chi connectivity index (χ0) is 9.47. The summed E-state index contributed by atoms with van der Waals surface area (Å²) in [4.78, 5) is 0. The van der Waals surface area contributed by atoms with Gasteiger partial charge in [-0.05, 0) is 0 Å². The maximum absolute atomic E-state index is 4.46. The molecule has 13 heavy (non-hydrogen) atoms. The maximum Gasteiger partial charge on any atom is 0.212 e. The van der Waals surface area contributed by atoms with Gasteiger partial charge in [0.15, 0.2) is 0 Å². The third-order valence-electron chi connectivity index (χ3n) is 1.93. The summed E-state index contributed by atoms with van der Waals surface area (Å²) in [5.41, 5.74) is 1.32. The average molecular weight is 196 g/mol. The van der Waals surface area contributed by atoms with Gasteiger partial charge in [0, 0.05) is 11.2 Å². The monoisotopic (exact) mass is 196 g/mol. The Morgan fingerprint density at radius 2 is 2.23 bits per heavy atom. The molecule has 0 spiro atoms. The van der Waals surface area contributed by atoms with Crippen LogP contribution in [0.1, 0.15) is 20.8 Å². The van der Waals surface area contributed by atoms with Crippen LogP contribution in [0.25, 0.3) is 0 Å². The van der Waals surface area contributed by atoms with Crippen molar-refractivity contribution in [2.75, 3.05) is 5.75 Å². The molecular weight excluding hydrogens is 184 g/mol. The molecule has 0 bridgehead atoms. The highest BCUT2D eigenvalue weighted by Crippen LogP contribution is 2.27. The summed E-state index contributed by atoms with van der Waals surface area (Å²) >= 11 is 1.69. The summed E-state index contributed by atoms with van der Waals surface area (Å²) in [5.74, 6) is 0.919. The predicted octanol–water partition coefficient (Wildman–Crippen LogP) is 1.63. The quantitative estimate of drug-likeness (QED) is 0.633. The second kappa shape index (κ2) is 2.83. The maximum atomic E-state index is 4.46. The van der Waals surface area contributed by atoms with E-state index in [2.05, 4.69) is 36.1 Å². The minimum Gasteiger partial charge on any atom is -0.195 e. The van der Waals surface area contributed by atoms with Crippen molar-refractivity contribution in [1.29, 1.82) is 0 Å². The Bertz CT molecular complexity index is 347. The SMILES string of the molecule is CC(C)(C)C1=Nn2cnnc2SC1. The number of nitrogens with zero attached hydrogens (tertiary/aromatic N) is 4. The van der Waals surface area contributed by atoms with E-state index in [1.807, 2.05) is 0 Å². The molecule has 0 aliphatic carbocycles. The van der Waals surface area contributed by atoms with Crippen molar-refractivity contribution in [2.24, 2.45) is 10.5 Å². The largest absolute Gasteiger partial charge is 0.212 e. The zero-order valence-corrected chi connectivity index (χ0v) is 8.80. The van der Waals surface area contributed by atoms with Crippen LogP contribution in [-0.4, -0.2) is 26.3 Å². The van der Waals surface area contributed by atoms with Gasteiger partial charge >= 0.3 is 0 Å².